The smallest absolute Gasteiger partial charge is 0.291 e. The van der Waals surface area contributed by atoms with Crippen molar-refractivity contribution in [2.75, 3.05) is 4.90 Å². The fourth-order valence-corrected chi connectivity index (χ4v) is 7.10. The summed E-state index contributed by atoms with van der Waals surface area (Å²) in [5.74, 6) is -0.226. The minimum absolute atomic E-state index is 0.0116. The molecule has 2 bridgehead atoms. The molecule has 2 atom stereocenters. The van der Waals surface area contributed by atoms with Crippen molar-refractivity contribution >= 4 is 23.0 Å². The van der Waals surface area contributed by atoms with Gasteiger partial charge in [-0.1, -0.05) is 30.3 Å². The molecule has 2 amide bonds. The summed E-state index contributed by atoms with van der Waals surface area (Å²) in [6, 6.07) is 17.3. The van der Waals surface area contributed by atoms with Crippen LogP contribution in [-0.4, -0.2) is 29.1 Å². The van der Waals surface area contributed by atoms with E-state index in [2.05, 4.69) is 62.9 Å². The first-order valence-electron chi connectivity index (χ1n) is 13.9. The van der Waals surface area contributed by atoms with E-state index in [4.69, 9.17) is 0 Å². The highest BCUT2D eigenvalue weighted by molar-refractivity contribution is 6.00. The van der Waals surface area contributed by atoms with Crippen molar-refractivity contribution in [2.45, 2.75) is 78.6 Å². The van der Waals surface area contributed by atoms with E-state index < -0.39 is 0 Å². The number of aryl methyl sites for hydroxylation is 3. The van der Waals surface area contributed by atoms with Gasteiger partial charge < -0.3 is 0 Å². The van der Waals surface area contributed by atoms with Gasteiger partial charge in [0.05, 0.1) is 11.4 Å². The van der Waals surface area contributed by atoms with Crippen LogP contribution in [0.5, 0.6) is 0 Å². The lowest BCUT2D eigenvalue weighted by Crippen LogP contribution is -2.90. The first-order chi connectivity index (χ1) is 18.2. The molecule has 5 heteroatoms. The third kappa shape index (κ3) is 4.09. The number of para-hydroxylation sites is 1. The summed E-state index contributed by atoms with van der Waals surface area (Å²) in [7, 11) is 0. The van der Waals surface area contributed by atoms with Crippen LogP contribution in [0.15, 0.2) is 54.6 Å². The topological polar surface area (TPSA) is 40.2 Å². The van der Waals surface area contributed by atoms with E-state index in [-0.39, 0.29) is 11.8 Å². The van der Waals surface area contributed by atoms with Gasteiger partial charge in [-0.05, 0) is 117 Å². The van der Waals surface area contributed by atoms with E-state index in [0.717, 1.165) is 51.2 Å². The number of carbonyl (C=O) groups is 1. The lowest BCUT2D eigenvalue weighted by molar-refractivity contribution is -0.572. The molecule has 0 saturated carbocycles. The molecule has 3 aromatic rings. The van der Waals surface area contributed by atoms with Gasteiger partial charge in [0.1, 0.15) is 12.4 Å². The van der Waals surface area contributed by atoms with Crippen LogP contribution < -0.4 is 10.2 Å². The van der Waals surface area contributed by atoms with Crippen LogP contribution in [0, 0.1) is 26.6 Å². The van der Waals surface area contributed by atoms with Gasteiger partial charge in [-0.15, -0.1) is 0 Å². The van der Waals surface area contributed by atoms with Gasteiger partial charge in [0.25, 0.3) is 0 Å². The Kier molecular flexibility index (Phi) is 6.24. The van der Waals surface area contributed by atoms with E-state index in [0.29, 0.717) is 24.7 Å². The van der Waals surface area contributed by atoms with Crippen molar-refractivity contribution in [2.24, 2.45) is 0 Å². The van der Waals surface area contributed by atoms with Gasteiger partial charge in [0, 0.05) is 23.7 Å². The Labute approximate surface area is 225 Å². The van der Waals surface area contributed by atoms with Crippen LogP contribution in [-0.2, 0) is 6.54 Å². The fraction of sp³-hybridized carbons (Fsp3) is 0.364. The molecule has 0 aliphatic carbocycles. The number of urea groups is 1. The van der Waals surface area contributed by atoms with Gasteiger partial charge in [0.2, 0.25) is 0 Å². The predicted octanol–water partition coefficient (Wildman–Crippen LogP) is 6.78. The van der Waals surface area contributed by atoms with Crippen LogP contribution in [0.4, 0.5) is 20.6 Å². The highest BCUT2D eigenvalue weighted by Gasteiger charge is 2.39. The normalized spacial score (nSPS) is 21.2. The Morgan fingerprint density at radius 2 is 1.71 bits per heavy atom. The summed E-state index contributed by atoms with van der Waals surface area (Å²) >= 11 is 0. The molecular weight excluding hydrogens is 473 g/mol. The molecule has 2 unspecified atom stereocenters. The molecule has 1 saturated heterocycles. The SMILES string of the molecule is Cc1cc(F)ccc1-c1cc(C2=CC3CCC(C2)N3C(C)C)cc2c1C[NH2+]C(=O)N2c1c(C)cccc1C. The number of amides is 2. The van der Waals surface area contributed by atoms with Gasteiger partial charge in [-0.2, -0.15) is 0 Å². The maximum atomic E-state index is 14.1. The minimum atomic E-state index is -0.226. The molecule has 6 rings (SSSR count). The second-order valence-electron chi connectivity index (χ2n) is 11.5. The lowest BCUT2D eigenvalue weighted by Gasteiger charge is -2.37. The number of primary amides is 1. The summed E-state index contributed by atoms with van der Waals surface area (Å²) in [5.41, 5.74) is 10.7. The van der Waals surface area contributed by atoms with E-state index in [1.165, 1.54) is 24.0 Å². The minimum Gasteiger partial charge on any atom is -0.291 e. The van der Waals surface area contributed by atoms with Gasteiger partial charge in [-0.3, -0.25) is 10.2 Å². The summed E-state index contributed by atoms with van der Waals surface area (Å²) in [6.07, 6.45) is 5.90. The van der Waals surface area contributed by atoms with Crippen molar-refractivity contribution < 1.29 is 14.5 Å². The van der Waals surface area contributed by atoms with Gasteiger partial charge in [-0.25, -0.2) is 14.1 Å². The Bertz CT molecular complexity index is 1450. The number of nitrogens with two attached hydrogens (primary N) is 1. The van der Waals surface area contributed by atoms with Crippen LogP contribution >= 0.6 is 0 Å². The molecule has 0 spiro atoms. The van der Waals surface area contributed by atoms with Gasteiger partial charge >= 0.3 is 6.03 Å². The second-order valence-corrected chi connectivity index (χ2v) is 11.5. The number of halogens is 1. The first-order valence-corrected chi connectivity index (χ1v) is 13.9. The molecule has 2 N–H and O–H groups in total. The molecule has 3 aromatic carbocycles. The Morgan fingerprint density at radius 3 is 2.39 bits per heavy atom. The van der Waals surface area contributed by atoms with Crippen LogP contribution in [0.3, 0.4) is 0 Å². The third-order valence-electron chi connectivity index (χ3n) is 8.73. The number of anilines is 2. The lowest BCUT2D eigenvalue weighted by atomic mass is 9.86. The third-order valence-corrected chi connectivity index (χ3v) is 8.73. The number of hydrogen-bond acceptors (Lipinski definition) is 2. The largest absolute Gasteiger partial charge is 0.425 e. The number of fused-ring (bicyclic) bond motifs is 3. The summed E-state index contributed by atoms with van der Waals surface area (Å²) in [6.45, 7) is 11.3. The summed E-state index contributed by atoms with van der Waals surface area (Å²) in [5, 5.41) is 1.79. The summed E-state index contributed by atoms with van der Waals surface area (Å²) < 4.78 is 14.1. The molecule has 4 nitrogen and oxygen atoms in total. The average molecular weight is 511 g/mol. The van der Waals surface area contributed by atoms with E-state index in [1.807, 2.05) is 24.0 Å². The van der Waals surface area contributed by atoms with Crippen molar-refractivity contribution in [3.05, 3.63) is 88.2 Å². The molecular formula is C33H37FN3O+. The molecule has 196 valence electrons. The monoisotopic (exact) mass is 510 g/mol. The predicted molar refractivity (Wildman–Crippen MR) is 152 cm³/mol. The number of rotatable bonds is 4. The number of nitrogens with zero attached hydrogens (tertiary/aromatic N) is 2. The zero-order chi connectivity index (χ0) is 26.7. The van der Waals surface area contributed by atoms with Crippen LogP contribution in [0.1, 0.15) is 60.9 Å². The number of hydrogen-bond donors (Lipinski definition) is 1. The van der Waals surface area contributed by atoms with E-state index in [9.17, 15) is 9.18 Å². The Morgan fingerprint density at radius 1 is 0.947 bits per heavy atom. The van der Waals surface area contributed by atoms with E-state index in [1.54, 1.807) is 17.4 Å². The highest BCUT2D eigenvalue weighted by atomic mass is 19.1. The van der Waals surface area contributed by atoms with Gasteiger partial charge in [0.15, 0.2) is 0 Å². The molecule has 0 aromatic heterocycles. The average Bonchev–Trinajstić information content (AvgIpc) is 3.14. The highest BCUT2D eigenvalue weighted by Crippen LogP contribution is 2.45. The van der Waals surface area contributed by atoms with Crippen molar-refractivity contribution in [3.63, 3.8) is 0 Å². The van der Waals surface area contributed by atoms with Crippen molar-refractivity contribution in [1.82, 2.24) is 4.90 Å². The number of carbonyl (C=O) groups excluding carboxylic acids is 1. The summed E-state index contributed by atoms with van der Waals surface area (Å²) in [4.78, 5) is 18.1. The van der Waals surface area contributed by atoms with Crippen molar-refractivity contribution in [1.29, 1.82) is 0 Å². The van der Waals surface area contributed by atoms with Crippen LogP contribution in [0.25, 0.3) is 16.7 Å². The standard InChI is InChI=1S/C33H36FN3O/c1-19(2)36-26-10-11-27(36)15-23(14-26)24-16-29(28-12-9-25(34)13-22(28)5)30-18-35-33(38)37(31(30)17-24)32-20(3)7-6-8-21(32)4/h6-9,12-14,16-17,19,26-27H,10-11,15,18H2,1-5H3,(H,35,38)/p+1. The second kappa shape index (κ2) is 9.48. The quantitative estimate of drug-likeness (QED) is 0.420. The molecule has 1 fully saturated rings. The number of benzene rings is 3. The molecule has 0 radical (unpaired) electrons. The number of quaternary nitrogens is 1. The Balaban J connectivity index is 1.58. The van der Waals surface area contributed by atoms with E-state index >= 15 is 0 Å². The Hall–Kier alpha value is -3.28. The zero-order valence-corrected chi connectivity index (χ0v) is 23.0. The van der Waals surface area contributed by atoms with Crippen LogP contribution in [0.2, 0.25) is 0 Å². The first kappa shape index (κ1) is 25.0. The molecule has 3 heterocycles. The molecule has 3 aliphatic heterocycles. The maximum absolute atomic E-state index is 14.1. The zero-order valence-electron chi connectivity index (χ0n) is 23.0. The molecule has 3 aliphatic rings. The maximum Gasteiger partial charge on any atom is 0.425 e. The molecule has 38 heavy (non-hydrogen) atoms. The van der Waals surface area contributed by atoms with Crippen molar-refractivity contribution in [3.8, 4) is 11.1 Å². The fourth-order valence-electron chi connectivity index (χ4n) is 7.10.